The third-order valence-electron chi connectivity index (χ3n) is 3.15. The molecule has 120 valence electrons. The monoisotopic (exact) mass is 325 g/mol. The topological polar surface area (TPSA) is 66.4 Å². The van der Waals surface area contributed by atoms with E-state index in [2.05, 4.69) is 4.72 Å². The van der Waals surface area contributed by atoms with Crippen molar-refractivity contribution in [3.05, 3.63) is 29.8 Å². The van der Waals surface area contributed by atoms with Crippen molar-refractivity contribution in [1.29, 1.82) is 0 Å². The number of nitrogens with one attached hydrogen (secondary N) is 1. The van der Waals surface area contributed by atoms with Crippen molar-refractivity contribution in [2.24, 2.45) is 5.92 Å². The summed E-state index contributed by atoms with van der Waals surface area (Å²) in [6.07, 6.45) is -3.50. The maximum absolute atomic E-state index is 12.6. The average molecular weight is 325 g/mol. The molecule has 0 heterocycles. The summed E-state index contributed by atoms with van der Waals surface area (Å²) in [7, 11) is -4.00. The van der Waals surface area contributed by atoms with E-state index >= 15 is 0 Å². The summed E-state index contributed by atoms with van der Waals surface area (Å²) in [5.41, 5.74) is -1.01. The van der Waals surface area contributed by atoms with Gasteiger partial charge < -0.3 is 5.11 Å². The maximum Gasteiger partial charge on any atom is 0.416 e. The molecule has 8 heteroatoms. The molecule has 0 radical (unpaired) electrons. The van der Waals surface area contributed by atoms with Crippen LogP contribution in [0.1, 0.15) is 25.3 Å². The van der Waals surface area contributed by atoms with E-state index in [4.69, 9.17) is 5.11 Å². The van der Waals surface area contributed by atoms with Gasteiger partial charge in [0.05, 0.1) is 10.5 Å². The van der Waals surface area contributed by atoms with Gasteiger partial charge in [0.1, 0.15) is 0 Å². The SMILES string of the molecule is CC[C@@H](CCO)CNS(=O)(=O)c1cccc(C(F)(F)F)c1. The minimum absolute atomic E-state index is 0.0597. The second kappa shape index (κ2) is 7.24. The zero-order valence-electron chi connectivity index (χ0n) is 11.5. The molecule has 0 aliphatic rings. The summed E-state index contributed by atoms with van der Waals surface area (Å²) < 4.78 is 64.0. The van der Waals surface area contributed by atoms with E-state index in [1.54, 1.807) is 0 Å². The van der Waals surface area contributed by atoms with E-state index < -0.39 is 26.7 Å². The third kappa shape index (κ3) is 5.29. The number of sulfonamides is 1. The molecule has 21 heavy (non-hydrogen) atoms. The van der Waals surface area contributed by atoms with Crippen molar-refractivity contribution in [2.45, 2.75) is 30.8 Å². The first-order chi connectivity index (χ1) is 9.70. The zero-order chi connectivity index (χ0) is 16.1. The molecule has 0 unspecified atom stereocenters. The molecule has 0 spiro atoms. The zero-order valence-corrected chi connectivity index (χ0v) is 12.3. The fourth-order valence-corrected chi connectivity index (χ4v) is 2.95. The Bertz CT molecular complexity index is 558. The quantitative estimate of drug-likeness (QED) is 0.809. The molecule has 1 aromatic rings. The number of aliphatic hydroxyl groups excluding tert-OH is 1. The Labute approximate surface area is 122 Å². The Morgan fingerprint density at radius 1 is 1.33 bits per heavy atom. The highest BCUT2D eigenvalue weighted by molar-refractivity contribution is 7.89. The van der Waals surface area contributed by atoms with Crippen LogP contribution in [0.25, 0.3) is 0 Å². The Hall–Kier alpha value is -1.12. The van der Waals surface area contributed by atoms with E-state index in [1.807, 2.05) is 6.92 Å². The molecule has 4 nitrogen and oxygen atoms in total. The summed E-state index contributed by atoms with van der Waals surface area (Å²) in [4.78, 5) is -0.420. The lowest BCUT2D eigenvalue weighted by Crippen LogP contribution is -2.29. The molecular formula is C13H18F3NO3S. The van der Waals surface area contributed by atoms with E-state index in [9.17, 15) is 21.6 Å². The van der Waals surface area contributed by atoms with Crippen molar-refractivity contribution >= 4 is 10.0 Å². The van der Waals surface area contributed by atoms with Gasteiger partial charge in [0.2, 0.25) is 10.0 Å². The van der Waals surface area contributed by atoms with Crippen LogP contribution in [0.3, 0.4) is 0 Å². The Balaban J connectivity index is 2.88. The first-order valence-electron chi connectivity index (χ1n) is 6.48. The number of hydrogen-bond donors (Lipinski definition) is 2. The molecule has 0 aliphatic carbocycles. The predicted molar refractivity (Wildman–Crippen MR) is 72.1 cm³/mol. The van der Waals surface area contributed by atoms with Gasteiger partial charge in [0.25, 0.3) is 0 Å². The van der Waals surface area contributed by atoms with E-state index in [-0.39, 0.29) is 19.1 Å². The van der Waals surface area contributed by atoms with Crippen LogP contribution in [0.4, 0.5) is 13.2 Å². The molecule has 1 aromatic carbocycles. The van der Waals surface area contributed by atoms with Crippen molar-refractivity contribution in [3.8, 4) is 0 Å². The Morgan fingerprint density at radius 2 is 2.00 bits per heavy atom. The molecule has 1 rings (SSSR count). The highest BCUT2D eigenvalue weighted by Gasteiger charge is 2.31. The van der Waals surface area contributed by atoms with E-state index in [1.165, 1.54) is 0 Å². The van der Waals surface area contributed by atoms with Crippen molar-refractivity contribution in [2.75, 3.05) is 13.2 Å². The van der Waals surface area contributed by atoms with Gasteiger partial charge >= 0.3 is 6.18 Å². The Morgan fingerprint density at radius 3 is 2.52 bits per heavy atom. The summed E-state index contributed by atoms with van der Waals surface area (Å²) >= 11 is 0. The van der Waals surface area contributed by atoms with Gasteiger partial charge in [-0.2, -0.15) is 13.2 Å². The summed E-state index contributed by atoms with van der Waals surface area (Å²) in [5, 5.41) is 8.84. The number of hydrogen-bond acceptors (Lipinski definition) is 3. The second-order valence-corrected chi connectivity index (χ2v) is 6.43. The van der Waals surface area contributed by atoms with Crippen LogP contribution < -0.4 is 4.72 Å². The molecule has 0 fully saturated rings. The van der Waals surface area contributed by atoms with Crippen LogP contribution in [-0.2, 0) is 16.2 Å². The number of benzene rings is 1. The average Bonchev–Trinajstić information content (AvgIpc) is 2.42. The van der Waals surface area contributed by atoms with E-state index in [0.29, 0.717) is 18.9 Å². The lowest BCUT2D eigenvalue weighted by Gasteiger charge is -2.15. The van der Waals surface area contributed by atoms with Gasteiger partial charge in [-0.1, -0.05) is 19.4 Å². The van der Waals surface area contributed by atoms with Crippen molar-refractivity contribution in [1.82, 2.24) is 4.72 Å². The van der Waals surface area contributed by atoms with Crippen LogP contribution in [-0.4, -0.2) is 26.7 Å². The molecule has 0 bridgehead atoms. The molecule has 0 saturated heterocycles. The number of alkyl halides is 3. The molecule has 0 saturated carbocycles. The first-order valence-corrected chi connectivity index (χ1v) is 7.96. The summed E-state index contributed by atoms with van der Waals surface area (Å²) in [6.45, 7) is 1.86. The Kier molecular flexibility index (Phi) is 6.18. The molecule has 1 atom stereocenters. The molecule has 0 aromatic heterocycles. The highest BCUT2D eigenvalue weighted by Crippen LogP contribution is 2.30. The van der Waals surface area contributed by atoms with Gasteiger partial charge in [-0.05, 0) is 30.5 Å². The van der Waals surface area contributed by atoms with Crippen LogP contribution in [0.15, 0.2) is 29.2 Å². The van der Waals surface area contributed by atoms with Crippen LogP contribution in [0.5, 0.6) is 0 Å². The van der Waals surface area contributed by atoms with Crippen molar-refractivity contribution in [3.63, 3.8) is 0 Å². The second-order valence-electron chi connectivity index (χ2n) is 4.66. The van der Waals surface area contributed by atoms with Gasteiger partial charge in [-0.3, -0.25) is 0 Å². The molecule has 2 N–H and O–H groups in total. The fraction of sp³-hybridized carbons (Fsp3) is 0.538. The molecule has 0 aliphatic heterocycles. The maximum atomic E-state index is 12.6. The third-order valence-corrected chi connectivity index (χ3v) is 4.57. The molecule has 0 amide bonds. The largest absolute Gasteiger partial charge is 0.416 e. The summed E-state index contributed by atoms with van der Waals surface area (Å²) in [5.74, 6) is -0.0597. The lowest BCUT2D eigenvalue weighted by molar-refractivity contribution is -0.137. The highest BCUT2D eigenvalue weighted by atomic mass is 32.2. The summed E-state index contributed by atoms with van der Waals surface area (Å²) in [6, 6.07) is 3.60. The van der Waals surface area contributed by atoms with Crippen molar-refractivity contribution < 1.29 is 26.7 Å². The normalized spacial score (nSPS) is 14.1. The number of aliphatic hydroxyl groups is 1. The van der Waals surface area contributed by atoms with Crippen LogP contribution >= 0.6 is 0 Å². The van der Waals surface area contributed by atoms with E-state index in [0.717, 1.165) is 18.2 Å². The number of rotatable bonds is 7. The smallest absolute Gasteiger partial charge is 0.396 e. The van der Waals surface area contributed by atoms with Crippen LogP contribution in [0.2, 0.25) is 0 Å². The fourth-order valence-electron chi connectivity index (χ4n) is 1.78. The lowest BCUT2D eigenvalue weighted by atomic mass is 10.0. The predicted octanol–water partition coefficient (Wildman–Crippen LogP) is 2.39. The van der Waals surface area contributed by atoms with Gasteiger partial charge in [-0.25, -0.2) is 13.1 Å². The van der Waals surface area contributed by atoms with Crippen LogP contribution in [0, 0.1) is 5.92 Å². The molecular weight excluding hydrogens is 307 g/mol. The van der Waals surface area contributed by atoms with Gasteiger partial charge in [0.15, 0.2) is 0 Å². The van der Waals surface area contributed by atoms with Gasteiger partial charge in [0, 0.05) is 13.2 Å². The standard InChI is InChI=1S/C13H18F3NO3S/c1-2-10(6-7-18)9-17-21(19,20)12-5-3-4-11(8-12)13(14,15)16/h3-5,8,10,17-18H,2,6-7,9H2,1H3/t10-/m0/s1. The van der Waals surface area contributed by atoms with Gasteiger partial charge in [-0.15, -0.1) is 0 Å². The first kappa shape index (κ1) is 17.9. The number of halogens is 3. The minimum Gasteiger partial charge on any atom is -0.396 e. The minimum atomic E-state index is -4.59.